The van der Waals surface area contributed by atoms with Crippen LogP contribution in [-0.2, 0) is 0 Å². The van der Waals surface area contributed by atoms with Crippen molar-refractivity contribution in [3.05, 3.63) is 28.8 Å². The van der Waals surface area contributed by atoms with E-state index >= 15 is 0 Å². The number of aryl methyl sites for hydroxylation is 2. The Hall–Kier alpha value is -1.40. The van der Waals surface area contributed by atoms with Gasteiger partial charge in [0.2, 0.25) is 0 Å². The van der Waals surface area contributed by atoms with E-state index in [4.69, 9.17) is 0 Å². The first-order chi connectivity index (χ1) is 9.85. The van der Waals surface area contributed by atoms with E-state index in [-0.39, 0.29) is 30.1 Å². The van der Waals surface area contributed by atoms with Crippen LogP contribution in [0.15, 0.2) is 12.1 Å². The highest BCUT2D eigenvalue weighted by molar-refractivity contribution is 5.94. The Morgan fingerprint density at radius 2 is 1.82 bits per heavy atom. The van der Waals surface area contributed by atoms with E-state index in [0.29, 0.717) is 23.2 Å². The zero-order chi connectivity index (χ0) is 16.0. The van der Waals surface area contributed by atoms with E-state index < -0.39 is 6.61 Å². The van der Waals surface area contributed by atoms with Gasteiger partial charge in [0.25, 0.3) is 5.91 Å². The van der Waals surface area contributed by atoms with Gasteiger partial charge in [-0.3, -0.25) is 4.79 Å². The SMILES string of the molecule is CCN[C@H](C)CNC(=O)c1cc(C)c(OC(F)F)c(C)c1.Cl. The van der Waals surface area contributed by atoms with Crippen LogP contribution in [0.1, 0.15) is 35.3 Å². The zero-order valence-corrected chi connectivity index (χ0v) is 14.0. The maximum atomic E-state index is 12.3. The minimum atomic E-state index is -2.87. The van der Waals surface area contributed by atoms with Crippen molar-refractivity contribution in [3.8, 4) is 5.75 Å². The Balaban J connectivity index is 0.00000441. The quantitative estimate of drug-likeness (QED) is 0.804. The average Bonchev–Trinajstić information content (AvgIpc) is 2.40. The molecule has 0 aliphatic rings. The molecular formula is C15H23ClF2N2O2. The van der Waals surface area contributed by atoms with Crippen molar-refractivity contribution in [3.63, 3.8) is 0 Å². The number of carbonyl (C=O) groups excluding carboxylic acids is 1. The third-order valence-electron chi connectivity index (χ3n) is 3.05. The molecule has 0 spiro atoms. The summed E-state index contributed by atoms with van der Waals surface area (Å²) in [6, 6.07) is 3.28. The number of benzene rings is 1. The normalized spacial score (nSPS) is 11.8. The number of hydrogen-bond donors (Lipinski definition) is 2. The van der Waals surface area contributed by atoms with Crippen LogP contribution in [0.5, 0.6) is 5.75 Å². The third-order valence-corrected chi connectivity index (χ3v) is 3.05. The highest BCUT2D eigenvalue weighted by atomic mass is 35.5. The number of likely N-dealkylation sites (N-methyl/N-ethyl adjacent to an activating group) is 1. The van der Waals surface area contributed by atoms with Gasteiger partial charge in [-0.1, -0.05) is 6.92 Å². The summed E-state index contributed by atoms with van der Waals surface area (Å²) in [5.74, 6) is -0.0999. The molecule has 1 amide bonds. The molecule has 0 aliphatic heterocycles. The smallest absolute Gasteiger partial charge is 0.387 e. The lowest BCUT2D eigenvalue weighted by atomic mass is 10.1. The molecule has 0 heterocycles. The number of ether oxygens (including phenoxy) is 1. The minimum absolute atomic E-state index is 0. The highest BCUT2D eigenvalue weighted by Crippen LogP contribution is 2.26. The standard InChI is InChI=1S/C15H22F2N2O2.ClH/c1-5-18-11(4)8-19-14(20)12-6-9(2)13(10(3)7-12)21-15(16)17;/h6-7,11,15,18H,5,8H2,1-4H3,(H,19,20);1H/t11-;/m1./s1. The van der Waals surface area contributed by atoms with Gasteiger partial charge < -0.3 is 15.4 Å². The van der Waals surface area contributed by atoms with Crippen LogP contribution in [0.4, 0.5) is 8.78 Å². The molecule has 0 saturated heterocycles. The van der Waals surface area contributed by atoms with Crippen LogP contribution in [0.25, 0.3) is 0 Å². The molecule has 1 aromatic rings. The monoisotopic (exact) mass is 336 g/mol. The molecule has 0 unspecified atom stereocenters. The lowest BCUT2D eigenvalue weighted by Crippen LogP contribution is -2.38. The molecule has 2 N–H and O–H groups in total. The fraction of sp³-hybridized carbons (Fsp3) is 0.533. The Morgan fingerprint density at radius 3 is 2.27 bits per heavy atom. The van der Waals surface area contributed by atoms with Gasteiger partial charge in [0.15, 0.2) is 0 Å². The molecule has 7 heteroatoms. The van der Waals surface area contributed by atoms with Gasteiger partial charge in [-0.15, -0.1) is 12.4 Å². The number of alkyl halides is 2. The largest absolute Gasteiger partial charge is 0.434 e. The number of hydrogen-bond acceptors (Lipinski definition) is 3. The van der Waals surface area contributed by atoms with Gasteiger partial charge in [0.1, 0.15) is 5.75 Å². The topological polar surface area (TPSA) is 50.4 Å². The molecule has 0 bridgehead atoms. The average molecular weight is 337 g/mol. The van der Waals surface area contributed by atoms with E-state index in [2.05, 4.69) is 15.4 Å². The van der Waals surface area contributed by atoms with E-state index in [1.165, 1.54) is 0 Å². The molecule has 0 saturated carbocycles. The maximum Gasteiger partial charge on any atom is 0.387 e. The van der Waals surface area contributed by atoms with Crippen molar-refractivity contribution in [2.45, 2.75) is 40.3 Å². The summed E-state index contributed by atoms with van der Waals surface area (Å²) in [4.78, 5) is 12.1. The summed E-state index contributed by atoms with van der Waals surface area (Å²) in [6.45, 7) is 5.70. The summed E-state index contributed by atoms with van der Waals surface area (Å²) >= 11 is 0. The van der Waals surface area contributed by atoms with Crippen molar-refractivity contribution in [2.75, 3.05) is 13.1 Å². The van der Waals surface area contributed by atoms with Crippen LogP contribution in [-0.4, -0.2) is 31.7 Å². The summed E-state index contributed by atoms with van der Waals surface area (Å²) in [7, 11) is 0. The lowest BCUT2D eigenvalue weighted by molar-refractivity contribution is -0.0507. The van der Waals surface area contributed by atoms with Crippen molar-refractivity contribution >= 4 is 18.3 Å². The molecule has 0 fully saturated rings. The summed E-state index contributed by atoms with van der Waals surface area (Å²) < 4.78 is 29.1. The number of nitrogens with one attached hydrogen (secondary N) is 2. The predicted octanol–water partition coefficient (Wildman–Crippen LogP) is 3.05. The van der Waals surface area contributed by atoms with Crippen LogP contribution < -0.4 is 15.4 Å². The van der Waals surface area contributed by atoms with Gasteiger partial charge in [-0.25, -0.2) is 0 Å². The Labute approximate surface area is 136 Å². The molecule has 22 heavy (non-hydrogen) atoms. The van der Waals surface area contributed by atoms with Crippen LogP contribution >= 0.6 is 12.4 Å². The Morgan fingerprint density at radius 1 is 1.27 bits per heavy atom. The predicted molar refractivity (Wildman–Crippen MR) is 85.3 cm³/mol. The van der Waals surface area contributed by atoms with Gasteiger partial charge in [0, 0.05) is 18.2 Å². The fourth-order valence-corrected chi connectivity index (χ4v) is 2.12. The summed E-state index contributed by atoms with van der Waals surface area (Å²) in [6.07, 6.45) is 0. The van der Waals surface area contributed by atoms with Crippen molar-refractivity contribution in [1.82, 2.24) is 10.6 Å². The molecule has 0 aromatic heterocycles. The second kappa shape index (κ2) is 9.58. The molecule has 4 nitrogen and oxygen atoms in total. The molecule has 1 rings (SSSR count). The molecule has 126 valence electrons. The molecular weight excluding hydrogens is 314 g/mol. The summed E-state index contributed by atoms with van der Waals surface area (Å²) in [5.41, 5.74) is 1.47. The van der Waals surface area contributed by atoms with E-state index in [1.54, 1.807) is 26.0 Å². The van der Waals surface area contributed by atoms with Crippen LogP contribution in [0.2, 0.25) is 0 Å². The van der Waals surface area contributed by atoms with E-state index in [1.807, 2.05) is 13.8 Å². The van der Waals surface area contributed by atoms with E-state index in [9.17, 15) is 13.6 Å². The molecule has 1 aromatic carbocycles. The van der Waals surface area contributed by atoms with Crippen molar-refractivity contribution < 1.29 is 18.3 Å². The minimum Gasteiger partial charge on any atom is -0.434 e. The van der Waals surface area contributed by atoms with Crippen LogP contribution in [0, 0.1) is 13.8 Å². The molecule has 1 atom stereocenters. The Kier molecular flexibility index (Phi) is 8.97. The number of halogens is 3. The number of amides is 1. The maximum absolute atomic E-state index is 12.3. The first-order valence-corrected chi connectivity index (χ1v) is 6.92. The van der Waals surface area contributed by atoms with Gasteiger partial charge in [0.05, 0.1) is 0 Å². The highest BCUT2D eigenvalue weighted by Gasteiger charge is 2.15. The second-order valence-electron chi connectivity index (χ2n) is 4.99. The zero-order valence-electron chi connectivity index (χ0n) is 13.2. The van der Waals surface area contributed by atoms with Gasteiger partial charge in [-0.05, 0) is 50.6 Å². The third kappa shape index (κ3) is 6.15. The first-order valence-electron chi connectivity index (χ1n) is 6.92. The molecule has 0 aliphatic carbocycles. The second-order valence-corrected chi connectivity index (χ2v) is 4.99. The van der Waals surface area contributed by atoms with Crippen molar-refractivity contribution in [1.29, 1.82) is 0 Å². The first kappa shape index (κ1) is 20.6. The van der Waals surface area contributed by atoms with Gasteiger partial charge in [-0.2, -0.15) is 8.78 Å². The van der Waals surface area contributed by atoms with E-state index in [0.717, 1.165) is 6.54 Å². The van der Waals surface area contributed by atoms with Crippen LogP contribution in [0.3, 0.4) is 0 Å². The number of carbonyl (C=O) groups is 1. The number of rotatable bonds is 7. The Bertz CT molecular complexity index is 475. The van der Waals surface area contributed by atoms with Gasteiger partial charge >= 0.3 is 6.61 Å². The fourth-order valence-electron chi connectivity index (χ4n) is 2.12. The summed E-state index contributed by atoms with van der Waals surface area (Å²) in [5, 5.41) is 6.00. The molecule has 0 radical (unpaired) electrons. The van der Waals surface area contributed by atoms with Crippen molar-refractivity contribution in [2.24, 2.45) is 0 Å². The lowest BCUT2D eigenvalue weighted by Gasteiger charge is -2.15.